The van der Waals surface area contributed by atoms with Gasteiger partial charge in [0.25, 0.3) is 0 Å². The van der Waals surface area contributed by atoms with Crippen molar-refractivity contribution in [3.63, 3.8) is 0 Å². The summed E-state index contributed by atoms with van der Waals surface area (Å²) in [6, 6.07) is 7.78. The minimum atomic E-state index is 0.368. The molecular formula is C7H7BrN. The normalized spacial score (nSPS) is 9.56. The van der Waals surface area contributed by atoms with E-state index in [1.807, 2.05) is 24.3 Å². The van der Waals surface area contributed by atoms with Crippen LogP contribution in [0.2, 0.25) is 0 Å². The fourth-order valence-electron chi connectivity index (χ4n) is 0.602. The third-order valence-electron chi connectivity index (χ3n) is 1.12. The van der Waals surface area contributed by atoms with Crippen LogP contribution in [0.3, 0.4) is 0 Å². The highest BCUT2D eigenvalue weighted by Crippen LogP contribution is 2.09. The van der Waals surface area contributed by atoms with Gasteiger partial charge in [0.2, 0.25) is 0 Å². The lowest BCUT2D eigenvalue weighted by Gasteiger charge is -1.92. The predicted molar refractivity (Wildman–Crippen MR) is 40.9 cm³/mol. The highest BCUT2D eigenvalue weighted by molar-refractivity contribution is 9.10. The van der Waals surface area contributed by atoms with Gasteiger partial charge < -0.3 is 0 Å². The maximum Gasteiger partial charge on any atom is 0.0351 e. The van der Waals surface area contributed by atoms with Gasteiger partial charge in [-0.15, -0.1) is 0 Å². The molecule has 1 aromatic rings. The first-order valence-electron chi connectivity index (χ1n) is 2.72. The van der Waals surface area contributed by atoms with Gasteiger partial charge in [-0.05, 0) is 17.7 Å². The zero-order valence-electron chi connectivity index (χ0n) is 4.89. The summed E-state index contributed by atoms with van der Waals surface area (Å²) in [6.07, 6.45) is 0. The average Bonchev–Trinajstić information content (AvgIpc) is 1.90. The van der Waals surface area contributed by atoms with Crippen LogP contribution >= 0.6 is 15.9 Å². The van der Waals surface area contributed by atoms with Crippen LogP contribution in [0.25, 0.3) is 0 Å². The summed E-state index contributed by atoms with van der Waals surface area (Å²) in [7, 11) is 0. The summed E-state index contributed by atoms with van der Waals surface area (Å²) in [5.74, 6) is 0. The molecule has 2 heteroatoms. The molecule has 0 bridgehead atoms. The third kappa shape index (κ3) is 1.80. The number of nitrogens with one attached hydrogen (secondary N) is 1. The van der Waals surface area contributed by atoms with Crippen LogP contribution in [-0.4, -0.2) is 0 Å². The Balaban J connectivity index is 2.88. The largest absolute Gasteiger partial charge is 0.253 e. The van der Waals surface area contributed by atoms with Gasteiger partial charge in [0, 0.05) is 11.0 Å². The van der Waals surface area contributed by atoms with Gasteiger partial charge in [0.1, 0.15) is 0 Å². The minimum Gasteiger partial charge on any atom is -0.253 e. The molecule has 0 saturated heterocycles. The van der Waals surface area contributed by atoms with Crippen LogP contribution in [0.4, 0.5) is 0 Å². The van der Waals surface area contributed by atoms with E-state index in [1.165, 1.54) is 0 Å². The van der Waals surface area contributed by atoms with E-state index in [-0.39, 0.29) is 0 Å². The lowest BCUT2D eigenvalue weighted by atomic mass is 10.2. The monoisotopic (exact) mass is 184 g/mol. The van der Waals surface area contributed by atoms with Gasteiger partial charge in [-0.1, -0.05) is 28.1 Å². The van der Waals surface area contributed by atoms with Crippen LogP contribution in [0, 0.1) is 0 Å². The maximum atomic E-state index is 7.00. The highest BCUT2D eigenvalue weighted by Gasteiger charge is 1.86. The molecule has 0 heterocycles. The van der Waals surface area contributed by atoms with E-state index in [0.29, 0.717) is 6.54 Å². The first kappa shape index (κ1) is 6.78. The SMILES string of the molecule is [NH]Cc1ccc(Br)cc1. The van der Waals surface area contributed by atoms with Gasteiger partial charge in [-0.3, -0.25) is 5.73 Å². The van der Waals surface area contributed by atoms with Crippen molar-refractivity contribution in [2.24, 2.45) is 0 Å². The van der Waals surface area contributed by atoms with E-state index in [2.05, 4.69) is 15.9 Å². The smallest absolute Gasteiger partial charge is 0.0351 e. The fraction of sp³-hybridized carbons (Fsp3) is 0.143. The van der Waals surface area contributed by atoms with Gasteiger partial charge >= 0.3 is 0 Å². The Morgan fingerprint density at radius 2 is 1.78 bits per heavy atom. The molecule has 1 nitrogen and oxygen atoms in total. The highest BCUT2D eigenvalue weighted by atomic mass is 79.9. The van der Waals surface area contributed by atoms with Crippen molar-refractivity contribution >= 4 is 15.9 Å². The molecule has 0 aliphatic heterocycles. The Labute approximate surface area is 63.0 Å². The molecule has 0 aliphatic carbocycles. The molecule has 1 aromatic carbocycles. The molecule has 0 aliphatic rings. The van der Waals surface area contributed by atoms with E-state index < -0.39 is 0 Å². The maximum absolute atomic E-state index is 7.00. The Kier molecular flexibility index (Phi) is 2.25. The molecule has 0 saturated carbocycles. The van der Waals surface area contributed by atoms with Crippen molar-refractivity contribution in [3.05, 3.63) is 34.3 Å². The van der Waals surface area contributed by atoms with Gasteiger partial charge in [0.05, 0.1) is 0 Å². The molecule has 0 unspecified atom stereocenters. The van der Waals surface area contributed by atoms with Crippen molar-refractivity contribution in [1.82, 2.24) is 5.73 Å². The van der Waals surface area contributed by atoms with Gasteiger partial charge in [-0.2, -0.15) is 0 Å². The molecule has 0 spiro atoms. The van der Waals surface area contributed by atoms with E-state index in [1.54, 1.807) is 0 Å². The second-order valence-electron chi connectivity index (χ2n) is 1.80. The van der Waals surface area contributed by atoms with Crippen LogP contribution in [0.1, 0.15) is 5.56 Å². The Bertz CT molecular complexity index is 181. The lowest BCUT2D eigenvalue weighted by molar-refractivity contribution is 1.03. The molecule has 1 rings (SSSR count). The first-order chi connectivity index (χ1) is 4.33. The van der Waals surface area contributed by atoms with Crippen molar-refractivity contribution < 1.29 is 0 Å². The van der Waals surface area contributed by atoms with Crippen molar-refractivity contribution in [2.75, 3.05) is 0 Å². The summed E-state index contributed by atoms with van der Waals surface area (Å²) < 4.78 is 1.07. The minimum absolute atomic E-state index is 0.368. The van der Waals surface area contributed by atoms with Gasteiger partial charge in [0.15, 0.2) is 0 Å². The molecule has 1 N–H and O–H groups in total. The summed E-state index contributed by atoms with van der Waals surface area (Å²) in [5.41, 5.74) is 8.05. The Morgan fingerprint density at radius 1 is 1.22 bits per heavy atom. The molecule has 47 valence electrons. The van der Waals surface area contributed by atoms with Crippen molar-refractivity contribution in [1.29, 1.82) is 0 Å². The molecule has 0 amide bonds. The molecule has 0 fully saturated rings. The number of hydrogen-bond acceptors (Lipinski definition) is 0. The second kappa shape index (κ2) is 2.99. The Morgan fingerprint density at radius 3 is 2.22 bits per heavy atom. The summed E-state index contributed by atoms with van der Waals surface area (Å²) in [5, 5.41) is 0. The summed E-state index contributed by atoms with van der Waals surface area (Å²) >= 11 is 3.31. The van der Waals surface area contributed by atoms with Crippen molar-refractivity contribution in [2.45, 2.75) is 6.54 Å². The number of halogens is 1. The molecule has 9 heavy (non-hydrogen) atoms. The topological polar surface area (TPSA) is 23.8 Å². The molecule has 0 aromatic heterocycles. The van der Waals surface area contributed by atoms with Crippen molar-refractivity contribution in [3.8, 4) is 0 Å². The van der Waals surface area contributed by atoms with Crippen LogP contribution < -0.4 is 5.73 Å². The molecule has 0 atom stereocenters. The predicted octanol–water partition coefficient (Wildman–Crippen LogP) is 2.23. The average molecular weight is 185 g/mol. The second-order valence-corrected chi connectivity index (χ2v) is 2.72. The third-order valence-corrected chi connectivity index (χ3v) is 1.65. The van der Waals surface area contributed by atoms with E-state index in [0.717, 1.165) is 10.0 Å². The van der Waals surface area contributed by atoms with Gasteiger partial charge in [-0.25, -0.2) is 0 Å². The molecular weight excluding hydrogens is 178 g/mol. The zero-order chi connectivity index (χ0) is 6.69. The van der Waals surface area contributed by atoms with Crippen LogP contribution in [0.15, 0.2) is 28.7 Å². The number of hydrogen-bond donors (Lipinski definition) is 0. The fourth-order valence-corrected chi connectivity index (χ4v) is 0.867. The quantitative estimate of drug-likeness (QED) is 0.640. The number of rotatable bonds is 1. The summed E-state index contributed by atoms with van der Waals surface area (Å²) in [6.45, 7) is 0.368. The first-order valence-corrected chi connectivity index (χ1v) is 3.51. The van der Waals surface area contributed by atoms with E-state index in [9.17, 15) is 0 Å². The number of benzene rings is 1. The summed E-state index contributed by atoms with van der Waals surface area (Å²) in [4.78, 5) is 0. The standard InChI is InChI=1S/C7H7BrN/c8-7-3-1-6(5-9)2-4-7/h1-4,9H,5H2. The zero-order valence-corrected chi connectivity index (χ0v) is 6.48. The molecule has 1 radical (unpaired) electrons. The van der Waals surface area contributed by atoms with E-state index >= 15 is 0 Å². The van der Waals surface area contributed by atoms with E-state index in [4.69, 9.17) is 5.73 Å². The lowest BCUT2D eigenvalue weighted by Crippen LogP contribution is -1.81. The Hall–Kier alpha value is -0.340. The van der Waals surface area contributed by atoms with Crippen LogP contribution in [-0.2, 0) is 6.54 Å². The van der Waals surface area contributed by atoms with Crippen LogP contribution in [0.5, 0.6) is 0 Å².